The summed E-state index contributed by atoms with van der Waals surface area (Å²) in [6.45, 7) is 5.10. The van der Waals surface area contributed by atoms with E-state index in [0.29, 0.717) is 13.0 Å². The van der Waals surface area contributed by atoms with Crippen LogP contribution < -0.4 is 5.32 Å². The number of carbonyl (C=O) groups excluding carboxylic acids is 3. The molecule has 0 radical (unpaired) electrons. The number of carbonyl (C=O) groups is 3. The maximum Gasteiger partial charge on any atom is 0.334 e. The Balaban J connectivity index is 1.53. The average Bonchev–Trinajstić information content (AvgIpc) is 2.96. The number of fused-ring (bicyclic) bond motifs is 1. The third-order valence-corrected chi connectivity index (χ3v) is 7.40. The van der Waals surface area contributed by atoms with Crippen molar-refractivity contribution < 1.29 is 23.5 Å². The summed E-state index contributed by atoms with van der Waals surface area (Å²) in [5.41, 5.74) is 1.75. The Labute approximate surface area is 234 Å². The Bertz CT molecular complexity index is 1220. The molecule has 2 aliphatic heterocycles. The van der Waals surface area contributed by atoms with Crippen molar-refractivity contribution in [2.45, 2.75) is 45.6 Å². The van der Waals surface area contributed by atoms with Crippen LogP contribution in [-0.2, 0) is 27.5 Å². The zero-order chi connectivity index (χ0) is 28.6. The van der Waals surface area contributed by atoms with Crippen molar-refractivity contribution in [2.75, 3.05) is 32.8 Å². The first-order valence-corrected chi connectivity index (χ1v) is 13.6. The largest absolute Gasteiger partial charge is 0.375 e. The maximum atomic E-state index is 13.7. The summed E-state index contributed by atoms with van der Waals surface area (Å²) in [7, 11) is 0. The molecule has 0 aliphatic carbocycles. The van der Waals surface area contributed by atoms with E-state index in [2.05, 4.69) is 11.2 Å². The number of ether oxygens (including phenoxy) is 1. The van der Waals surface area contributed by atoms with Gasteiger partial charge in [-0.25, -0.2) is 14.2 Å². The van der Waals surface area contributed by atoms with Crippen LogP contribution in [0.4, 0.5) is 9.18 Å². The zero-order valence-electron chi connectivity index (χ0n) is 23.0. The predicted octanol–water partition coefficient (Wildman–Crippen LogP) is 2.83. The van der Waals surface area contributed by atoms with Crippen LogP contribution in [-0.4, -0.2) is 82.7 Å². The van der Waals surface area contributed by atoms with E-state index < -0.39 is 18.2 Å². The highest BCUT2D eigenvalue weighted by atomic mass is 19.1. The van der Waals surface area contributed by atoms with Crippen LogP contribution in [0, 0.1) is 24.1 Å². The Morgan fingerprint density at radius 3 is 2.55 bits per heavy atom. The number of hydrogen-bond donors (Lipinski definition) is 1. The van der Waals surface area contributed by atoms with E-state index in [1.54, 1.807) is 26.9 Å². The number of urea groups is 1. The van der Waals surface area contributed by atoms with Crippen molar-refractivity contribution in [2.24, 2.45) is 5.92 Å². The summed E-state index contributed by atoms with van der Waals surface area (Å²) >= 11 is 0. The van der Waals surface area contributed by atoms with Gasteiger partial charge in [-0.2, -0.15) is 5.01 Å². The molecule has 1 N–H and O–H groups in total. The molecule has 2 aliphatic rings. The van der Waals surface area contributed by atoms with Gasteiger partial charge in [0.15, 0.2) is 0 Å². The number of nitrogens with zero attached hydrogens (tertiary/aromatic N) is 4. The van der Waals surface area contributed by atoms with E-state index in [9.17, 15) is 18.8 Å². The second kappa shape index (κ2) is 13.4. The lowest BCUT2D eigenvalue weighted by molar-refractivity contribution is -0.192. The van der Waals surface area contributed by atoms with Gasteiger partial charge in [0.05, 0.1) is 32.8 Å². The van der Waals surface area contributed by atoms with Crippen molar-refractivity contribution in [3.63, 3.8) is 0 Å². The standard InChI is InChI=1S/C30H36FN5O4/c1-4-15-34-20-27(37)35-26(36(34)30(39)32-18-23-9-7-6-8-10-23)19-33(29(38)28(35)22(3)5-2)16-17-40-21-24-11-13-25(31)14-12-24/h1,6-14,22,26,28H,5,15-21H2,2-3H3,(H,32,39)/t22?,26-,28-/m0/s1. The number of halogens is 1. The third kappa shape index (κ3) is 6.61. The second-order valence-corrected chi connectivity index (χ2v) is 10.1. The van der Waals surface area contributed by atoms with Gasteiger partial charge in [0.1, 0.15) is 18.0 Å². The molecular formula is C30H36FN5O4. The minimum atomic E-state index is -0.723. The Morgan fingerprint density at radius 1 is 1.15 bits per heavy atom. The van der Waals surface area contributed by atoms with Crippen LogP contribution in [0.15, 0.2) is 54.6 Å². The van der Waals surface area contributed by atoms with Crippen LogP contribution in [0.5, 0.6) is 0 Å². The lowest BCUT2D eigenvalue weighted by atomic mass is 9.92. The molecule has 1 unspecified atom stereocenters. The number of hydrogen-bond acceptors (Lipinski definition) is 5. The summed E-state index contributed by atoms with van der Waals surface area (Å²) < 4.78 is 19.0. The molecule has 3 atom stereocenters. The van der Waals surface area contributed by atoms with E-state index in [1.807, 2.05) is 44.2 Å². The summed E-state index contributed by atoms with van der Waals surface area (Å²) in [5.74, 6) is 1.70. The smallest absolute Gasteiger partial charge is 0.334 e. The van der Waals surface area contributed by atoms with E-state index in [0.717, 1.165) is 11.1 Å². The van der Waals surface area contributed by atoms with Crippen LogP contribution in [0.3, 0.4) is 0 Å². The van der Waals surface area contributed by atoms with Gasteiger partial charge in [-0.1, -0.05) is 68.7 Å². The minimum absolute atomic E-state index is 0.0670. The molecular weight excluding hydrogens is 513 g/mol. The number of rotatable bonds is 10. The quantitative estimate of drug-likeness (QED) is 0.364. The fourth-order valence-electron chi connectivity index (χ4n) is 5.13. The van der Waals surface area contributed by atoms with E-state index in [1.165, 1.54) is 17.1 Å². The highest BCUT2D eigenvalue weighted by Gasteiger charge is 2.52. The second-order valence-electron chi connectivity index (χ2n) is 10.1. The van der Waals surface area contributed by atoms with E-state index in [-0.39, 0.29) is 62.9 Å². The van der Waals surface area contributed by atoms with Crippen molar-refractivity contribution >= 4 is 17.8 Å². The summed E-state index contributed by atoms with van der Waals surface area (Å²) in [6, 6.07) is 14.5. The predicted molar refractivity (Wildman–Crippen MR) is 147 cm³/mol. The first-order valence-electron chi connectivity index (χ1n) is 13.6. The van der Waals surface area contributed by atoms with Gasteiger partial charge in [-0.05, 0) is 29.2 Å². The molecule has 2 aromatic carbocycles. The number of benzene rings is 2. The molecule has 9 nitrogen and oxygen atoms in total. The molecule has 2 heterocycles. The van der Waals surface area contributed by atoms with Gasteiger partial charge in [0.2, 0.25) is 11.8 Å². The van der Waals surface area contributed by atoms with Crippen molar-refractivity contribution in [3.8, 4) is 12.3 Å². The van der Waals surface area contributed by atoms with Gasteiger partial charge in [0, 0.05) is 13.1 Å². The molecule has 212 valence electrons. The van der Waals surface area contributed by atoms with Crippen LogP contribution >= 0.6 is 0 Å². The molecule has 2 fully saturated rings. The number of nitrogens with one attached hydrogen (secondary N) is 1. The molecule has 0 aromatic heterocycles. The molecule has 2 saturated heterocycles. The molecule has 2 aromatic rings. The van der Waals surface area contributed by atoms with Crippen molar-refractivity contribution in [1.82, 2.24) is 25.1 Å². The normalized spacial score (nSPS) is 20.2. The lowest BCUT2D eigenvalue weighted by Crippen LogP contribution is -2.77. The molecule has 0 spiro atoms. The van der Waals surface area contributed by atoms with Crippen LogP contribution in [0.1, 0.15) is 31.4 Å². The van der Waals surface area contributed by atoms with Crippen molar-refractivity contribution in [3.05, 3.63) is 71.5 Å². The summed E-state index contributed by atoms with van der Waals surface area (Å²) in [4.78, 5) is 43.9. The highest BCUT2D eigenvalue weighted by molar-refractivity contribution is 5.91. The molecule has 10 heteroatoms. The first-order chi connectivity index (χ1) is 19.3. The van der Waals surface area contributed by atoms with Crippen LogP contribution in [0.2, 0.25) is 0 Å². The van der Waals surface area contributed by atoms with Gasteiger partial charge < -0.3 is 19.9 Å². The fraction of sp³-hybridized carbons (Fsp3) is 0.433. The first kappa shape index (κ1) is 29.1. The monoisotopic (exact) mass is 549 g/mol. The Hall–Kier alpha value is -3.94. The highest BCUT2D eigenvalue weighted by Crippen LogP contribution is 2.30. The molecule has 40 heavy (non-hydrogen) atoms. The van der Waals surface area contributed by atoms with Crippen molar-refractivity contribution in [1.29, 1.82) is 0 Å². The summed E-state index contributed by atoms with van der Waals surface area (Å²) in [5, 5.41) is 6.01. The summed E-state index contributed by atoms with van der Waals surface area (Å²) in [6.07, 6.45) is 5.56. The van der Waals surface area contributed by atoms with E-state index >= 15 is 0 Å². The fourth-order valence-corrected chi connectivity index (χ4v) is 5.13. The van der Waals surface area contributed by atoms with Gasteiger partial charge in [-0.3, -0.25) is 9.59 Å². The van der Waals surface area contributed by atoms with Gasteiger partial charge in [-0.15, -0.1) is 6.42 Å². The lowest BCUT2D eigenvalue weighted by Gasteiger charge is -2.55. The molecule has 0 saturated carbocycles. The maximum absolute atomic E-state index is 13.7. The zero-order valence-corrected chi connectivity index (χ0v) is 23.0. The molecule has 4 rings (SSSR count). The number of hydrazine groups is 1. The topological polar surface area (TPSA) is 85.4 Å². The molecule has 0 bridgehead atoms. The minimum Gasteiger partial charge on any atom is -0.375 e. The SMILES string of the molecule is C#CCN1CC(=O)N2[C@@H](C(C)CC)C(=O)N(CCOCc3ccc(F)cc3)C[C@@H]2N1C(=O)NCc1ccccc1. The average molecular weight is 550 g/mol. The van der Waals surface area contributed by atoms with E-state index in [4.69, 9.17) is 11.2 Å². The third-order valence-electron chi connectivity index (χ3n) is 7.40. The van der Waals surface area contributed by atoms with Gasteiger partial charge in [0.25, 0.3) is 0 Å². The number of amides is 4. The van der Waals surface area contributed by atoms with Gasteiger partial charge >= 0.3 is 6.03 Å². The number of terminal acetylenes is 1. The Morgan fingerprint density at radius 2 is 1.88 bits per heavy atom. The Kier molecular flexibility index (Phi) is 9.74. The molecule has 4 amide bonds. The number of piperazine rings is 1. The van der Waals surface area contributed by atoms with Crippen LogP contribution in [0.25, 0.3) is 0 Å².